The molecule has 0 heterocycles. The molecule has 2 N–H and O–H groups in total. The van der Waals surface area contributed by atoms with E-state index in [4.69, 9.17) is 0 Å². The minimum Gasteiger partial charge on any atom is -0.313 e. The fraction of sp³-hybridized carbons (Fsp3) is 0.455. The Labute approximate surface area is 147 Å². The maximum atomic E-state index is 3.66. The van der Waals surface area contributed by atoms with Gasteiger partial charge in [-0.05, 0) is 35.9 Å². The van der Waals surface area contributed by atoms with Gasteiger partial charge in [-0.2, -0.15) is 0 Å². The van der Waals surface area contributed by atoms with E-state index in [1.54, 1.807) is 0 Å². The Morgan fingerprint density at radius 3 is 1.83 bits per heavy atom. The van der Waals surface area contributed by atoms with Gasteiger partial charge in [-0.15, -0.1) is 0 Å². The van der Waals surface area contributed by atoms with Gasteiger partial charge in [0.25, 0.3) is 0 Å². The molecule has 24 heavy (non-hydrogen) atoms. The van der Waals surface area contributed by atoms with Gasteiger partial charge in [0.05, 0.1) is 0 Å². The van der Waals surface area contributed by atoms with Crippen LogP contribution >= 0.6 is 0 Å². The normalized spacial score (nSPS) is 13.6. The fourth-order valence-corrected chi connectivity index (χ4v) is 3.23. The van der Waals surface area contributed by atoms with Crippen LogP contribution in [0.4, 0.5) is 0 Å². The molecule has 0 radical (unpaired) electrons. The van der Waals surface area contributed by atoms with Crippen LogP contribution in [0.3, 0.4) is 0 Å². The van der Waals surface area contributed by atoms with Gasteiger partial charge in [-0.1, -0.05) is 80.9 Å². The Balaban J connectivity index is 1.72. The van der Waals surface area contributed by atoms with Crippen LogP contribution in [0.1, 0.15) is 44.2 Å². The van der Waals surface area contributed by atoms with Gasteiger partial charge in [0.15, 0.2) is 0 Å². The first-order valence-electron chi connectivity index (χ1n) is 9.21. The lowest BCUT2D eigenvalue weighted by Gasteiger charge is -2.30. The maximum Gasteiger partial charge on any atom is 0.0205 e. The quantitative estimate of drug-likeness (QED) is 0.582. The highest BCUT2D eigenvalue weighted by Crippen LogP contribution is 2.26. The minimum absolute atomic E-state index is 0.354. The van der Waals surface area contributed by atoms with E-state index >= 15 is 0 Å². The third-order valence-corrected chi connectivity index (χ3v) is 4.65. The topological polar surface area (TPSA) is 24.1 Å². The van der Waals surface area contributed by atoms with E-state index in [0.717, 1.165) is 26.2 Å². The molecule has 0 aromatic heterocycles. The van der Waals surface area contributed by atoms with Crippen LogP contribution in [0.5, 0.6) is 0 Å². The monoisotopic (exact) mass is 324 g/mol. The molecule has 0 bridgehead atoms. The third kappa shape index (κ3) is 6.86. The van der Waals surface area contributed by atoms with Crippen molar-refractivity contribution in [2.75, 3.05) is 13.1 Å². The molecule has 1 atom stereocenters. The number of hydrogen-bond acceptors (Lipinski definition) is 2. The van der Waals surface area contributed by atoms with Gasteiger partial charge < -0.3 is 10.6 Å². The summed E-state index contributed by atoms with van der Waals surface area (Å²) < 4.78 is 0. The minimum atomic E-state index is 0.354. The Kier molecular flexibility index (Phi) is 8.00. The summed E-state index contributed by atoms with van der Waals surface area (Å²) in [7, 11) is 0. The number of hydrogen-bond donors (Lipinski definition) is 2. The molecule has 2 aromatic carbocycles. The van der Waals surface area contributed by atoms with Crippen molar-refractivity contribution in [1.29, 1.82) is 0 Å². The van der Waals surface area contributed by atoms with E-state index in [0.29, 0.717) is 5.41 Å². The Morgan fingerprint density at radius 1 is 0.750 bits per heavy atom. The van der Waals surface area contributed by atoms with Crippen LogP contribution in [-0.4, -0.2) is 13.1 Å². The summed E-state index contributed by atoms with van der Waals surface area (Å²) in [6.45, 7) is 8.75. The largest absolute Gasteiger partial charge is 0.313 e. The van der Waals surface area contributed by atoms with Gasteiger partial charge in [-0.25, -0.2) is 0 Å². The molecule has 2 nitrogen and oxygen atoms in total. The standard InChI is InChI=1S/C22H32N2/c1-3-14-22(2,19-24-18-21-12-8-5-9-13-21)15-16-23-17-20-10-6-4-7-11-20/h4-13,23-24H,3,14-19H2,1-2H3. The summed E-state index contributed by atoms with van der Waals surface area (Å²) in [4.78, 5) is 0. The molecule has 130 valence electrons. The highest BCUT2D eigenvalue weighted by Gasteiger charge is 2.22. The first-order chi connectivity index (χ1) is 11.7. The average Bonchev–Trinajstić information content (AvgIpc) is 2.61. The van der Waals surface area contributed by atoms with Crippen molar-refractivity contribution >= 4 is 0 Å². The van der Waals surface area contributed by atoms with E-state index in [1.807, 2.05) is 0 Å². The number of benzene rings is 2. The Morgan fingerprint density at radius 2 is 1.29 bits per heavy atom. The molecule has 2 aromatic rings. The second kappa shape index (κ2) is 10.3. The lowest BCUT2D eigenvalue weighted by Crippen LogP contribution is -2.34. The van der Waals surface area contributed by atoms with E-state index in [1.165, 1.54) is 30.4 Å². The smallest absolute Gasteiger partial charge is 0.0205 e. The molecule has 2 rings (SSSR count). The van der Waals surface area contributed by atoms with E-state index in [2.05, 4.69) is 85.1 Å². The first-order valence-corrected chi connectivity index (χ1v) is 9.21. The molecule has 1 unspecified atom stereocenters. The van der Waals surface area contributed by atoms with Crippen LogP contribution < -0.4 is 10.6 Å². The summed E-state index contributed by atoms with van der Waals surface area (Å²) in [6.07, 6.45) is 3.71. The zero-order chi connectivity index (χ0) is 17.1. The van der Waals surface area contributed by atoms with Crippen molar-refractivity contribution in [1.82, 2.24) is 10.6 Å². The van der Waals surface area contributed by atoms with Crippen LogP contribution in [0.25, 0.3) is 0 Å². The third-order valence-electron chi connectivity index (χ3n) is 4.65. The fourth-order valence-electron chi connectivity index (χ4n) is 3.23. The van der Waals surface area contributed by atoms with E-state index in [9.17, 15) is 0 Å². The lowest BCUT2D eigenvalue weighted by molar-refractivity contribution is 0.251. The summed E-state index contributed by atoms with van der Waals surface area (Å²) in [5, 5.41) is 7.25. The first kappa shape index (κ1) is 18.7. The van der Waals surface area contributed by atoms with E-state index < -0.39 is 0 Å². The molecular weight excluding hydrogens is 292 g/mol. The molecule has 0 aliphatic carbocycles. The zero-order valence-corrected chi connectivity index (χ0v) is 15.2. The molecule has 0 aliphatic rings. The van der Waals surface area contributed by atoms with E-state index in [-0.39, 0.29) is 0 Å². The van der Waals surface area contributed by atoms with Crippen LogP contribution in [0.2, 0.25) is 0 Å². The molecule has 0 aliphatic heterocycles. The maximum absolute atomic E-state index is 3.66. The van der Waals surface area contributed by atoms with Gasteiger partial charge in [0.1, 0.15) is 0 Å². The number of rotatable bonds is 11. The van der Waals surface area contributed by atoms with Gasteiger partial charge in [0.2, 0.25) is 0 Å². The molecule has 0 saturated heterocycles. The van der Waals surface area contributed by atoms with Gasteiger partial charge >= 0.3 is 0 Å². The van der Waals surface area contributed by atoms with Crippen molar-refractivity contribution in [3.63, 3.8) is 0 Å². The second-order valence-corrected chi connectivity index (χ2v) is 7.06. The summed E-state index contributed by atoms with van der Waals surface area (Å²) in [6, 6.07) is 21.3. The predicted octanol–water partition coefficient (Wildman–Crippen LogP) is 4.76. The molecule has 0 spiro atoms. The van der Waals surface area contributed by atoms with Crippen molar-refractivity contribution < 1.29 is 0 Å². The highest BCUT2D eigenvalue weighted by atomic mass is 14.9. The van der Waals surface area contributed by atoms with Crippen molar-refractivity contribution in [2.45, 2.75) is 46.2 Å². The summed E-state index contributed by atoms with van der Waals surface area (Å²) in [5.74, 6) is 0. The average molecular weight is 325 g/mol. The molecule has 2 heteroatoms. The summed E-state index contributed by atoms with van der Waals surface area (Å²) in [5.41, 5.74) is 3.07. The molecular formula is C22H32N2. The summed E-state index contributed by atoms with van der Waals surface area (Å²) >= 11 is 0. The van der Waals surface area contributed by atoms with Crippen molar-refractivity contribution in [3.8, 4) is 0 Å². The molecule has 0 saturated carbocycles. The predicted molar refractivity (Wildman–Crippen MR) is 104 cm³/mol. The highest BCUT2D eigenvalue weighted by molar-refractivity contribution is 5.15. The molecule has 0 amide bonds. The zero-order valence-electron chi connectivity index (χ0n) is 15.2. The van der Waals surface area contributed by atoms with Gasteiger partial charge in [0, 0.05) is 19.6 Å². The van der Waals surface area contributed by atoms with Gasteiger partial charge in [-0.3, -0.25) is 0 Å². The number of nitrogens with one attached hydrogen (secondary N) is 2. The Hall–Kier alpha value is -1.64. The molecule has 0 fully saturated rings. The van der Waals surface area contributed by atoms with Crippen LogP contribution in [0.15, 0.2) is 60.7 Å². The van der Waals surface area contributed by atoms with Crippen LogP contribution in [-0.2, 0) is 13.1 Å². The van der Waals surface area contributed by atoms with Crippen LogP contribution in [0, 0.1) is 5.41 Å². The lowest BCUT2D eigenvalue weighted by atomic mass is 9.82. The van der Waals surface area contributed by atoms with Crippen molar-refractivity contribution in [3.05, 3.63) is 71.8 Å². The SMILES string of the molecule is CCCC(C)(CCNCc1ccccc1)CNCc1ccccc1. The Bertz CT molecular complexity index is 553. The second-order valence-electron chi connectivity index (χ2n) is 7.06. The van der Waals surface area contributed by atoms with Crippen molar-refractivity contribution in [2.24, 2.45) is 5.41 Å².